The van der Waals surface area contributed by atoms with Crippen LogP contribution in [0.4, 0.5) is 11.4 Å². The van der Waals surface area contributed by atoms with Crippen LogP contribution in [0.3, 0.4) is 0 Å². The van der Waals surface area contributed by atoms with Gasteiger partial charge in [-0.25, -0.2) is 0 Å². The van der Waals surface area contributed by atoms with Crippen molar-refractivity contribution in [1.82, 2.24) is 5.32 Å². The summed E-state index contributed by atoms with van der Waals surface area (Å²) in [5, 5.41) is 16.4. The van der Waals surface area contributed by atoms with Crippen molar-refractivity contribution in [1.29, 1.82) is 0 Å². The third kappa shape index (κ3) is 4.18. The lowest BCUT2D eigenvalue weighted by atomic mass is 9.93. The molecule has 2 aliphatic rings. The van der Waals surface area contributed by atoms with Gasteiger partial charge < -0.3 is 10.6 Å². The van der Waals surface area contributed by atoms with Crippen LogP contribution in [0.15, 0.2) is 60.7 Å². The van der Waals surface area contributed by atoms with Crippen LogP contribution in [0, 0.1) is 27.9 Å². The molecule has 148 valence electrons. The number of rotatable bonds is 6. The monoisotopic (exact) mass is 391 g/mol. The van der Waals surface area contributed by atoms with Gasteiger partial charge in [-0.3, -0.25) is 19.7 Å². The molecular weight excluding hydrogens is 370 g/mol. The van der Waals surface area contributed by atoms with E-state index < -0.39 is 4.92 Å². The molecule has 0 aliphatic heterocycles. The summed E-state index contributed by atoms with van der Waals surface area (Å²) in [4.78, 5) is 34.8. The van der Waals surface area contributed by atoms with Gasteiger partial charge in [0.15, 0.2) is 0 Å². The molecule has 4 rings (SSSR count). The number of benzene rings is 2. The Labute approximate surface area is 168 Å². The Morgan fingerprint density at radius 2 is 1.59 bits per heavy atom. The van der Waals surface area contributed by atoms with Crippen LogP contribution < -0.4 is 10.6 Å². The summed E-state index contributed by atoms with van der Waals surface area (Å²) in [6.07, 6.45) is 6.92. The van der Waals surface area contributed by atoms with Crippen molar-refractivity contribution in [3.8, 4) is 0 Å². The van der Waals surface area contributed by atoms with Crippen LogP contribution >= 0.6 is 0 Å². The van der Waals surface area contributed by atoms with Gasteiger partial charge >= 0.3 is 0 Å². The van der Waals surface area contributed by atoms with Gasteiger partial charge in [0.05, 0.1) is 4.92 Å². The van der Waals surface area contributed by atoms with Gasteiger partial charge in [0, 0.05) is 35.5 Å². The van der Waals surface area contributed by atoms with Crippen LogP contribution in [-0.2, 0) is 0 Å². The number of nitro groups is 1. The minimum atomic E-state index is -0.514. The number of nitrogens with one attached hydrogen (secondary N) is 2. The summed E-state index contributed by atoms with van der Waals surface area (Å²) < 4.78 is 0. The number of nitro benzene ring substituents is 1. The fourth-order valence-electron chi connectivity index (χ4n) is 4.10. The van der Waals surface area contributed by atoms with E-state index in [1.54, 1.807) is 24.3 Å². The summed E-state index contributed by atoms with van der Waals surface area (Å²) in [7, 11) is 0. The van der Waals surface area contributed by atoms with Crippen LogP contribution in [-0.4, -0.2) is 23.3 Å². The van der Waals surface area contributed by atoms with Crippen LogP contribution in [0.1, 0.15) is 33.6 Å². The molecular formula is C22H21N3O4. The Hall–Kier alpha value is -3.48. The highest BCUT2D eigenvalue weighted by molar-refractivity contribution is 6.04. The molecule has 0 aromatic heterocycles. The number of non-ortho nitro benzene ring substituents is 1. The zero-order chi connectivity index (χ0) is 20.4. The molecule has 0 heterocycles. The Balaban J connectivity index is 1.31. The second-order valence-electron chi connectivity index (χ2n) is 7.59. The molecule has 3 unspecified atom stereocenters. The molecule has 0 saturated heterocycles. The van der Waals surface area contributed by atoms with E-state index >= 15 is 0 Å². The summed E-state index contributed by atoms with van der Waals surface area (Å²) in [5.41, 5.74) is 1.33. The molecule has 1 fully saturated rings. The number of nitrogens with zero attached hydrogens (tertiary/aromatic N) is 1. The molecule has 3 atom stereocenters. The average Bonchev–Trinajstić information content (AvgIpc) is 3.36. The number of amides is 2. The van der Waals surface area contributed by atoms with Crippen molar-refractivity contribution in [2.45, 2.75) is 12.8 Å². The third-order valence-corrected chi connectivity index (χ3v) is 5.69. The summed E-state index contributed by atoms with van der Waals surface area (Å²) >= 11 is 0. The quantitative estimate of drug-likeness (QED) is 0.444. The average molecular weight is 391 g/mol. The van der Waals surface area contributed by atoms with Gasteiger partial charge in [-0.15, -0.1) is 0 Å². The lowest BCUT2D eigenvalue weighted by Crippen LogP contribution is -2.30. The maximum atomic E-state index is 12.4. The first-order valence-electron chi connectivity index (χ1n) is 9.62. The first-order valence-corrected chi connectivity index (χ1v) is 9.62. The first-order chi connectivity index (χ1) is 14.0. The standard InChI is InChI=1S/C22H21N3O4/c26-21(23-13-18-12-14-1-2-17(18)11-14)15-3-7-19(8-4-15)24-22(27)16-5-9-20(10-6-16)25(28)29/h1-10,14,17-18H,11-13H2,(H,23,26)(H,24,27). The maximum absolute atomic E-state index is 12.4. The molecule has 2 aliphatic carbocycles. The second-order valence-corrected chi connectivity index (χ2v) is 7.59. The number of carbonyl (C=O) groups excluding carboxylic acids is 2. The molecule has 7 heteroatoms. The number of hydrogen-bond donors (Lipinski definition) is 2. The largest absolute Gasteiger partial charge is 0.352 e. The highest BCUT2D eigenvalue weighted by Crippen LogP contribution is 2.42. The van der Waals surface area contributed by atoms with Crippen molar-refractivity contribution in [3.05, 3.63) is 81.9 Å². The Kier molecular flexibility index (Phi) is 5.12. The summed E-state index contributed by atoms with van der Waals surface area (Å²) in [6, 6.07) is 12.0. The Morgan fingerprint density at radius 1 is 0.931 bits per heavy atom. The second kappa shape index (κ2) is 7.87. The van der Waals surface area contributed by atoms with Gasteiger partial charge in [0.1, 0.15) is 0 Å². The minimum Gasteiger partial charge on any atom is -0.352 e. The zero-order valence-electron chi connectivity index (χ0n) is 15.7. The van der Waals surface area contributed by atoms with Crippen LogP contribution in [0.2, 0.25) is 0 Å². The van der Waals surface area contributed by atoms with Gasteiger partial charge in [-0.2, -0.15) is 0 Å². The summed E-state index contributed by atoms with van der Waals surface area (Å²) in [6.45, 7) is 0.684. The van der Waals surface area contributed by atoms with Crippen molar-refractivity contribution < 1.29 is 14.5 Å². The number of hydrogen-bond acceptors (Lipinski definition) is 4. The molecule has 0 spiro atoms. The molecule has 29 heavy (non-hydrogen) atoms. The molecule has 2 amide bonds. The van der Waals surface area contributed by atoms with E-state index in [4.69, 9.17) is 0 Å². The maximum Gasteiger partial charge on any atom is 0.269 e. The Morgan fingerprint density at radius 3 is 2.17 bits per heavy atom. The predicted molar refractivity (Wildman–Crippen MR) is 109 cm³/mol. The molecule has 1 saturated carbocycles. The Bertz CT molecular complexity index is 967. The van der Waals surface area contributed by atoms with Gasteiger partial charge in [-0.05, 0) is 67.0 Å². The normalized spacial score (nSPS) is 21.7. The van der Waals surface area contributed by atoms with Crippen molar-refractivity contribution in [2.24, 2.45) is 17.8 Å². The van der Waals surface area contributed by atoms with E-state index in [1.807, 2.05) is 0 Å². The highest BCUT2D eigenvalue weighted by Gasteiger charge is 2.35. The first kappa shape index (κ1) is 18.9. The van der Waals surface area contributed by atoms with E-state index in [9.17, 15) is 19.7 Å². The fraction of sp³-hybridized carbons (Fsp3) is 0.273. The van der Waals surface area contributed by atoms with Crippen molar-refractivity contribution >= 4 is 23.2 Å². The van der Waals surface area contributed by atoms with E-state index in [0.717, 1.165) is 6.42 Å². The molecule has 2 aromatic carbocycles. The number of anilines is 1. The van der Waals surface area contributed by atoms with E-state index in [-0.39, 0.29) is 17.5 Å². The molecule has 2 aromatic rings. The van der Waals surface area contributed by atoms with E-state index in [2.05, 4.69) is 22.8 Å². The van der Waals surface area contributed by atoms with Crippen molar-refractivity contribution in [2.75, 3.05) is 11.9 Å². The molecule has 7 nitrogen and oxygen atoms in total. The molecule has 2 bridgehead atoms. The minimum absolute atomic E-state index is 0.0710. The van der Waals surface area contributed by atoms with Crippen LogP contribution in [0.5, 0.6) is 0 Å². The third-order valence-electron chi connectivity index (χ3n) is 5.69. The topological polar surface area (TPSA) is 101 Å². The molecule has 0 radical (unpaired) electrons. The molecule has 2 N–H and O–H groups in total. The van der Waals surface area contributed by atoms with E-state index in [0.29, 0.717) is 41.1 Å². The number of allylic oxidation sites excluding steroid dienone is 2. The fourth-order valence-corrected chi connectivity index (χ4v) is 4.10. The van der Waals surface area contributed by atoms with Gasteiger partial charge in [0.2, 0.25) is 0 Å². The summed E-state index contributed by atoms with van der Waals surface area (Å²) in [5.74, 6) is 1.30. The van der Waals surface area contributed by atoms with Crippen LogP contribution in [0.25, 0.3) is 0 Å². The lowest BCUT2D eigenvalue weighted by Gasteiger charge is -2.18. The highest BCUT2D eigenvalue weighted by atomic mass is 16.6. The number of fused-ring (bicyclic) bond motifs is 2. The number of carbonyl (C=O) groups is 2. The van der Waals surface area contributed by atoms with Gasteiger partial charge in [0.25, 0.3) is 17.5 Å². The smallest absolute Gasteiger partial charge is 0.269 e. The lowest BCUT2D eigenvalue weighted by molar-refractivity contribution is -0.384. The van der Waals surface area contributed by atoms with Gasteiger partial charge in [-0.1, -0.05) is 12.2 Å². The van der Waals surface area contributed by atoms with Crippen molar-refractivity contribution in [3.63, 3.8) is 0 Å². The SMILES string of the molecule is O=C(NCC1CC2C=CC1C2)c1ccc(NC(=O)c2ccc([N+](=O)[O-])cc2)cc1. The van der Waals surface area contributed by atoms with E-state index in [1.165, 1.54) is 30.7 Å². The predicted octanol–water partition coefficient (Wildman–Crippen LogP) is 3.79. The zero-order valence-corrected chi connectivity index (χ0v) is 15.7.